The fraction of sp³-hybridized carbons (Fsp3) is 0.933. The minimum absolute atomic E-state index is 0.475. The van der Waals surface area contributed by atoms with Gasteiger partial charge in [0.15, 0.2) is 0 Å². The van der Waals surface area contributed by atoms with Crippen LogP contribution in [0.25, 0.3) is 0 Å². The van der Waals surface area contributed by atoms with Crippen LogP contribution in [0.5, 0.6) is 0 Å². The minimum atomic E-state index is 0.475. The summed E-state index contributed by atoms with van der Waals surface area (Å²) in [6, 6.07) is 0. The third kappa shape index (κ3) is 4.36. The first-order chi connectivity index (χ1) is 8.63. The Labute approximate surface area is 112 Å². The average Bonchev–Trinajstić information content (AvgIpc) is 2.32. The minimum Gasteiger partial charge on any atom is -0.306 e. The highest BCUT2D eigenvalue weighted by molar-refractivity contribution is 5.79. The second kappa shape index (κ2) is 6.67. The molecule has 2 rings (SSSR count). The van der Waals surface area contributed by atoms with E-state index in [0.717, 1.165) is 37.5 Å². The topological polar surface area (TPSA) is 23.6 Å². The number of Topliss-reactive ketones (excluding diaryl/α,β-unsaturated/α-hetero) is 1. The molecule has 104 valence electrons. The second-order valence-electron chi connectivity index (χ2n) is 6.47. The van der Waals surface area contributed by atoms with Crippen LogP contribution in [0.4, 0.5) is 0 Å². The van der Waals surface area contributed by atoms with Crippen molar-refractivity contribution in [2.45, 2.75) is 38.5 Å². The molecular formula is C15H28N2O. The number of hydrogen-bond donors (Lipinski definition) is 0. The number of carbonyl (C=O) groups excluding carboxylic acids is 1. The van der Waals surface area contributed by atoms with Crippen molar-refractivity contribution in [1.29, 1.82) is 0 Å². The zero-order valence-electron chi connectivity index (χ0n) is 12.0. The summed E-state index contributed by atoms with van der Waals surface area (Å²) in [4.78, 5) is 16.2. The molecule has 1 aliphatic carbocycles. The molecule has 1 saturated carbocycles. The number of likely N-dealkylation sites (tertiary alicyclic amines) is 1. The zero-order valence-corrected chi connectivity index (χ0v) is 12.0. The predicted octanol–water partition coefficient (Wildman–Crippen LogP) is 2.02. The molecule has 0 amide bonds. The predicted molar refractivity (Wildman–Crippen MR) is 74.7 cm³/mol. The van der Waals surface area contributed by atoms with Crippen LogP contribution in [0.15, 0.2) is 0 Å². The standard InChI is InChI=1S/C15H28N2O/c1-16-9-3-4-14(11-16)12-17(2)10-13-5-7-15(18)8-6-13/h13-14H,3-12H2,1-2H3. The molecule has 18 heavy (non-hydrogen) atoms. The third-order valence-corrected chi connectivity index (χ3v) is 4.52. The van der Waals surface area contributed by atoms with Crippen molar-refractivity contribution >= 4 is 5.78 Å². The van der Waals surface area contributed by atoms with Crippen molar-refractivity contribution < 1.29 is 4.79 Å². The highest BCUT2D eigenvalue weighted by Crippen LogP contribution is 2.23. The van der Waals surface area contributed by atoms with E-state index in [1.165, 1.54) is 39.0 Å². The molecule has 1 unspecified atom stereocenters. The molecule has 3 nitrogen and oxygen atoms in total. The fourth-order valence-electron chi connectivity index (χ4n) is 3.56. The number of hydrogen-bond acceptors (Lipinski definition) is 3. The van der Waals surface area contributed by atoms with E-state index in [4.69, 9.17) is 0 Å². The molecule has 0 spiro atoms. The number of nitrogens with zero attached hydrogens (tertiary/aromatic N) is 2. The van der Waals surface area contributed by atoms with Crippen LogP contribution in [-0.4, -0.2) is 55.9 Å². The van der Waals surface area contributed by atoms with Crippen molar-refractivity contribution in [2.24, 2.45) is 11.8 Å². The lowest BCUT2D eigenvalue weighted by atomic mass is 9.88. The molecule has 1 heterocycles. The summed E-state index contributed by atoms with van der Waals surface area (Å²) in [7, 11) is 4.49. The maximum Gasteiger partial charge on any atom is 0.132 e. The van der Waals surface area contributed by atoms with Crippen LogP contribution in [0.1, 0.15) is 38.5 Å². The van der Waals surface area contributed by atoms with Crippen molar-refractivity contribution in [3.63, 3.8) is 0 Å². The number of piperidine rings is 1. The maximum absolute atomic E-state index is 11.2. The summed E-state index contributed by atoms with van der Waals surface area (Å²) in [5, 5.41) is 0. The second-order valence-corrected chi connectivity index (χ2v) is 6.47. The Kier molecular flexibility index (Phi) is 5.19. The van der Waals surface area contributed by atoms with Gasteiger partial charge in [0.1, 0.15) is 5.78 Å². The molecule has 1 atom stereocenters. The van der Waals surface area contributed by atoms with Gasteiger partial charge in [-0.15, -0.1) is 0 Å². The van der Waals surface area contributed by atoms with E-state index in [9.17, 15) is 4.79 Å². The average molecular weight is 252 g/mol. The summed E-state index contributed by atoms with van der Waals surface area (Å²) in [5.41, 5.74) is 0. The Hall–Kier alpha value is -0.410. The van der Waals surface area contributed by atoms with Crippen molar-refractivity contribution in [1.82, 2.24) is 9.80 Å². The highest BCUT2D eigenvalue weighted by atomic mass is 16.1. The first-order valence-corrected chi connectivity index (χ1v) is 7.52. The summed E-state index contributed by atoms with van der Waals surface area (Å²) >= 11 is 0. The lowest BCUT2D eigenvalue weighted by molar-refractivity contribution is -0.121. The lowest BCUT2D eigenvalue weighted by Crippen LogP contribution is -2.39. The van der Waals surface area contributed by atoms with Gasteiger partial charge in [-0.25, -0.2) is 0 Å². The van der Waals surface area contributed by atoms with Crippen molar-refractivity contribution in [2.75, 3.05) is 40.3 Å². The van der Waals surface area contributed by atoms with E-state index in [1.54, 1.807) is 0 Å². The molecule has 0 bridgehead atoms. The van der Waals surface area contributed by atoms with Gasteiger partial charge in [-0.3, -0.25) is 4.79 Å². The van der Waals surface area contributed by atoms with E-state index < -0.39 is 0 Å². The summed E-state index contributed by atoms with van der Waals surface area (Å²) < 4.78 is 0. The smallest absolute Gasteiger partial charge is 0.132 e. The molecule has 0 N–H and O–H groups in total. The van der Waals surface area contributed by atoms with Crippen LogP contribution in [0.2, 0.25) is 0 Å². The van der Waals surface area contributed by atoms with Crippen molar-refractivity contribution in [3.05, 3.63) is 0 Å². The first-order valence-electron chi connectivity index (χ1n) is 7.52. The van der Waals surface area contributed by atoms with Crippen LogP contribution in [0, 0.1) is 11.8 Å². The Morgan fingerprint density at radius 2 is 1.83 bits per heavy atom. The first kappa shape index (κ1) is 14.0. The molecular weight excluding hydrogens is 224 g/mol. The van der Waals surface area contributed by atoms with Crippen LogP contribution in [0.3, 0.4) is 0 Å². The zero-order chi connectivity index (χ0) is 13.0. The van der Waals surface area contributed by atoms with Crippen LogP contribution < -0.4 is 0 Å². The van der Waals surface area contributed by atoms with E-state index in [2.05, 4.69) is 23.9 Å². The molecule has 1 saturated heterocycles. The van der Waals surface area contributed by atoms with Gasteiger partial charge in [-0.05, 0) is 58.2 Å². The monoisotopic (exact) mass is 252 g/mol. The van der Waals surface area contributed by atoms with Gasteiger partial charge in [-0.2, -0.15) is 0 Å². The van der Waals surface area contributed by atoms with Gasteiger partial charge in [0.05, 0.1) is 0 Å². The van der Waals surface area contributed by atoms with E-state index in [-0.39, 0.29) is 0 Å². The van der Waals surface area contributed by atoms with E-state index in [0.29, 0.717) is 5.78 Å². The Bertz CT molecular complexity index is 270. The number of ketones is 1. The largest absolute Gasteiger partial charge is 0.306 e. The quantitative estimate of drug-likeness (QED) is 0.765. The Morgan fingerprint density at radius 3 is 2.50 bits per heavy atom. The summed E-state index contributed by atoms with van der Waals surface area (Å²) in [6.45, 7) is 4.95. The molecule has 1 aliphatic heterocycles. The molecule has 0 aromatic rings. The van der Waals surface area contributed by atoms with Crippen LogP contribution in [-0.2, 0) is 4.79 Å². The van der Waals surface area contributed by atoms with E-state index >= 15 is 0 Å². The van der Waals surface area contributed by atoms with Crippen LogP contribution >= 0.6 is 0 Å². The Balaban J connectivity index is 1.68. The van der Waals surface area contributed by atoms with Gasteiger partial charge >= 0.3 is 0 Å². The summed E-state index contributed by atoms with van der Waals surface area (Å²) in [6.07, 6.45) is 6.63. The van der Waals surface area contributed by atoms with E-state index in [1.807, 2.05) is 0 Å². The maximum atomic E-state index is 11.2. The molecule has 0 aromatic heterocycles. The van der Waals surface area contributed by atoms with Gasteiger partial charge in [0.2, 0.25) is 0 Å². The molecule has 0 aromatic carbocycles. The molecule has 0 radical (unpaired) electrons. The molecule has 2 fully saturated rings. The lowest BCUT2D eigenvalue weighted by Gasteiger charge is -2.34. The van der Waals surface area contributed by atoms with Gasteiger partial charge < -0.3 is 9.80 Å². The fourth-order valence-corrected chi connectivity index (χ4v) is 3.56. The summed E-state index contributed by atoms with van der Waals surface area (Å²) in [5.74, 6) is 2.08. The number of carbonyl (C=O) groups is 1. The van der Waals surface area contributed by atoms with Gasteiger partial charge in [0, 0.05) is 32.5 Å². The Morgan fingerprint density at radius 1 is 1.17 bits per heavy atom. The third-order valence-electron chi connectivity index (χ3n) is 4.52. The molecule has 2 aliphatic rings. The SMILES string of the molecule is CN1CCCC(CN(C)CC2CCC(=O)CC2)C1. The highest BCUT2D eigenvalue weighted by Gasteiger charge is 2.22. The van der Waals surface area contributed by atoms with Gasteiger partial charge in [-0.1, -0.05) is 0 Å². The normalized spacial score (nSPS) is 27.9. The van der Waals surface area contributed by atoms with Gasteiger partial charge in [0.25, 0.3) is 0 Å². The molecule has 3 heteroatoms. The number of rotatable bonds is 4. The van der Waals surface area contributed by atoms with Crippen molar-refractivity contribution in [3.8, 4) is 0 Å².